The molecule has 0 atom stereocenters. The fraction of sp³-hybridized carbons (Fsp3) is 0.909. The van der Waals surface area contributed by atoms with Gasteiger partial charge in [-0.05, 0) is 25.8 Å². The van der Waals surface area contributed by atoms with Crippen molar-refractivity contribution in [1.82, 2.24) is 10.3 Å². The first kappa shape index (κ1) is 13.4. The molecule has 0 bridgehead atoms. The van der Waals surface area contributed by atoms with Crippen LogP contribution in [0.5, 0.6) is 0 Å². The summed E-state index contributed by atoms with van der Waals surface area (Å²) in [6, 6.07) is 0. The van der Waals surface area contributed by atoms with Gasteiger partial charge in [0.15, 0.2) is 0 Å². The third-order valence-electron chi connectivity index (χ3n) is 2.11. The van der Waals surface area contributed by atoms with Crippen LogP contribution in [-0.2, 0) is 0 Å². The highest BCUT2D eigenvalue weighted by Gasteiger charge is 1.98. The maximum atomic E-state index is 4.57. The summed E-state index contributed by atoms with van der Waals surface area (Å²) in [7, 11) is 2.05. The molecule has 0 radical (unpaired) electrons. The molecule has 0 unspecified atom stereocenters. The Hall–Kier alpha value is -0.570. The Labute approximate surface area is 88.6 Å². The van der Waals surface area contributed by atoms with E-state index in [2.05, 4.69) is 31.2 Å². The van der Waals surface area contributed by atoms with E-state index in [1.54, 1.807) is 0 Å². The van der Waals surface area contributed by atoms with Gasteiger partial charge in [0.2, 0.25) is 0 Å². The zero-order valence-corrected chi connectivity index (χ0v) is 10.1. The number of hydrogen-bond donors (Lipinski definition) is 1. The molecule has 14 heavy (non-hydrogen) atoms. The Morgan fingerprint density at radius 2 is 2.00 bits per heavy atom. The zero-order chi connectivity index (χ0) is 10.8. The predicted octanol–water partition coefficient (Wildman–Crippen LogP) is 2.09. The van der Waals surface area contributed by atoms with Crippen LogP contribution in [-0.4, -0.2) is 37.4 Å². The second kappa shape index (κ2) is 9.00. The van der Waals surface area contributed by atoms with Gasteiger partial charge in [-0.2, -0.15) is 5.10 Å². The molecule has 0 amide bonds. The van der Waals surface area contributed by atoms with Crippen molar-refractivity contribution in [2.45, 2.75) is 40.0 Å². The summed E-state index contributed by atoms with van der Waals surface area (Å²) >= 11 is 0. The lowest BCUT2D eigenvalue weighted by atomic mass is 10.2. The Morgan fingerprint density at radius 3 is 2.50 bits per heavy atom. The number of hydrazone groups is 1. The monoisotopic (exact) mass is 199 g/mol. The lowest BCUT2D eigenvalue weighted by Gasteiger charge is -2.14. The van der Waals surface area contributed by atoms with Gasteiger partial charge >= 0.3 is 0 Å². The zero-order valence-electron chi connectivity index (χ0n) is 10.1. The number of hydrogen-bond acceptors (Lipinski definition) is 3. The topological polar surface area (TPSA) is 27.6 Å². The van der Waals surface area contributed by atoms with Crippen molar-refractivity contribution in [2.75, 3.05) is 26.7 Å². The van der Waals surface area contributed by atoms with Gasteiger partial charge in [0.25, 0.3) is 0 Å². The highest BCUT2D eigenvalue weighted by molar-refractivity contribution is 5.84. The van der Waals surface area contributed by atoms with Crippen LogP contribution in [0.4, 0.5) is 0 Å². The van der Waals surface area contributed by atoms with Crippen molar-refractivity contribution >= 4 is 5.71 Å². The molecular weight excluding hydrogens is 174 g/mol. The highest BCUT2D eigenvalue weighted by atomic mass is 15.4. The van der Waals surface area contributed by atoms with Gasteiger partial charge < -0.3 is 10.3 Å². The molecule has 84 valence electrons. The first-order valence-corrected chi connectivity index (χ1v) is 5.72. The first-order chi connectivity index (χ1) is 6.74. The third-order valence-corrected chi connectivity index (χ3v) is 2.11. The lowest BCUT2D eigenvalue weighted by Crippen LogP contribution is -2.20. The van der Waals surface area contributed by atoms with Crippen LogP contribution in [0.1, 0.15) is 40.0 Å². The smallest absolute Gasteiger partial charge is 0.0390 e. The maximum absolute atomic E-state index is 4.57. The predicted molar refractivity (Wildman–Crippen MR) is 63.8 cm³/mol. The summed E-state index contributed by atoms with van der Waals surface area (Å²) in [4.78, 5) is 0. The summed E-state index contributed by atoms with van der Waals surface area (Å²) in [5.74, 6) is 0. The Bertz CT molecular complexity index is 155. The average Bonchev–Trinajstić information content (AvgIpc) is 2.17. The van der Waals surface area contributed by atoms with E-state index in [0.29, 0.717) is 0 Å². The molecule has 0 saturated heterocycles. The summed E-state index contributed by atoms with van der Waals surface area (Å²) in [5.41, 5.74) is 1.29. The largest absolute Gasteiger partial charge is 0.317 e. The van der Waals surface area contributed by atoms with E-state index >= 15 is 0 Å². The first-order valence-electron chi connectivity index (χ1n) is 5.72. The number of rotatable bonds is 8. The van der Waals surface area contributed by atoms with Crippen LogP contribution in [0.25, 0.3) is 0 Å². The van der Waals surface area contributed by atoms with Crippen molar-refractivity contribution in [3.8, 4) is 0 Å². The molecule has 0 aliphatic rings. The maximum Gasteiger partial charge on any atom is 0.0390 e. The fourth-order valence-corrected chi connectivity index (χ4v) is 1.32. The molecule has 0 aliphatic carbocycles. The van der Waals surface area contributed by atoms with Crippen LogP contribution in [0.2, 0.25) is 0 Å². The molecule has 0 fully saturated rings. The van der Waals surface area contributed by atoms with Crippen molar-refractivity contribution in [1.29, 1.82) is 0 Å². The van der Waals surface area contributed by atoms with E-state index in [9.17, 15) is 0 Å². The van der Waals surface area contributed by atoms with E-state index in [1.165, 1.54) is 5.71 Å². The molecule has 3 heteroatoms. The number of nitrogens with one attached hydrogen (secondary N) is 1. The summed E-state index contributed by atoms with van der Waals surface area (Å²) in [6.45, 7) is 9.61. The van der Waals surface area contributed by atoms with Gasteiger partial charge in [0.05, 0.1) is 0 Å². The molecule has 0 aromatic heterocycles. The van der Waals surface area contributed by atoms with E-state index in [0.717, 1.165) is 38.9 Å². The molecule has 0 aliphatic heterocycles. The van der Waals surface area contributed by atoms with Gasteiger partial charge in [-0.25, -0.2) is 0 Å². The van der Waals surface area contributed by atoms with Crippen LogP contribution in [0.3, 0.4) is 0 Å². The minimum absolute atomic E-state index is 1.04. The molecule has 0 aromatic rings. The summed E-state index contributed by atoms with van der Waals surface area (Å²) < 4.78 is 0. The Balaban J connectivity index is 3.84. The second-order valence-corrected chi connectivity index (χ2v) is 3.50. The molecule has 0 aromatic carbocycles. The molecule has 3 nitrogen and oxygen atoms in total. The van der Waals surface area contributed by atoms with Gasteiger partial charge in [0, 0.05) is 25.8 Å². The third kappa shape index (κ3) is 6.89. The number of nitrogens with zero attached hydrogens (tertiary/aromatic N) is 2. The average molecular weight is 199 g/mol. The van der Waals surface area contributed by atoms with E-state index in [1.807, 2.05) is 12.1 Å². The lowest BCUT2D eigenvalue weighted by molar-refractivity contribution is 0.352. The van der Waals surface area contributed by atoms with Crippen molar-refractivity contribution in [3.05, 3.63) is 0 Å². The van der Waals surface area contributed by atoms with Gasteiger partial charge in [-0.1, -0.05) is 20.8 Å². The normalized spacial score (nSPS) is 11.9. The molecular formula is C11H25N3. The van der Waals surface area contributed by atoms with E-state index in [-0.39, 0.29) is 0 Å². The Kier molecular flexibility index (Phi) is 8.64. The molecule has 0 saturated carbocycles. The molecule has 0 heterocycles. The van der Waals surface area contributed by atoms with Gasteiger partial charge in [-0.3, -0.25) is 0 Å². The summed E-state index contributed by atoms with van der Waals surface area (Å²) in [6.07, 6.45) is 3.28. The van der Waals surface area contributed by atoms with Crippen LogP contribution in [0.15, 0.2) is 5.10 Å². The minimum Gasteiger partial charge on any atom is -0.317 e. The summed E-state index contributed by atoms with van der Waals surface area (Å²) in [5, 5.41) is 9.93. The Morgan fingerprint density at radius 1 is 1.29 bits per heavy atom. The molecule has 1 N–H and O–H groups in total. The van der Waals surface area contributed by atoms with Crippen molar-refractivity contribution < 1.29 is 0 Å². The fourth-order valence-electron chi connectivity index (χ4n) is 1.32. The van der Waals surface area contributed by atoms with Crippen molar-refractivity contribution in [2.24, 2.45) is 5.10 Å². The van der Waals surface area contributed by atoms with Gasteiger partial charge in [0.1, 0.15) is 0 Å². The van der Waals surface area contributed by atoms with Crippen LogP contribution >= 0.6 is 0 Å². The molecule has 0 spiro atoms. The quantitative estimate of drug-likeness (QED) is 0.368. The SMILES string of the molecule is CCCN(C)/N=C(\CC)CCNCC. The van der Waals surface area contributed by atoms with Gasteiger partial charge in [-0.15, -0.1) is 0 Å². The second-order valence-electron chi connectivity index (χ2n) is 3.50. The standard InChI is InChI=1S/C11H25N3/c1-5-10-14(4)13-11(6-2)8-9-12-7-3/h12H,5-10H2,1-4H3/b13-11+. The van der Waals surface area contributed by atoms with E-state index in [4.69, 9.17) is 0 Å². The van der Waals surface area contributed by atoms with E-state index < -0.39 is 0 Å². The minimum atomic E-state index is 1.04. The van der Waals surface area contributed by atoms with Crippen LogP contribution in [0, 0.1) is 0 Å². The van der Waals surface area contributed by atoms with Crippen molar-refractivity contribution in [3.63, 3.8) is 0 Å². The van der Waals surface area contributed by atoms with Crippen LogP contribution < -0.4 is 5.32 Å². The highest BCUT2D eigenvalue weighted by Crippen LogP contribution is 1.96. The molecule has 0 rings (SSSR count).